The molecule has 162 valence electrons. The zero-order chi connectivity index (χ0) is 21.8. The second-order valence-corrected chi connectivity index (χ2v) is 11.8. The van der Waals surface area contributed by atoms with Crippen LogP contribution in [0.15, 0.2) is 20.0 Å². The average molecular weight is 449 g/mol. The molecule has 1 saturated carbocycles. The Morgan fingerprint density at radius 1 is 1.37 bits per heavy atom. The fourth-order valence-electron chi connectivity index (χ4n) is 3.93. The van der Waals surface area contributed by atoms with Crippen molar-refractivity contribution in [3.63, 3.8) is 0 Å². The second-order valence-electron chi connectivity index (χ2n) is 8.88. The van der Waals surface area contributed by atoms with Crippen molar-refractivity contribution < 1.29 is 14.1 Å². The molecule has 4 rings (SSSR count). The molecule has 0 bridgehead atoms. The van der Waals surface area contributed by atoms with Gasteiger partial charge in [0.15, 0.2) is 9.92 Å². The Bertz CT molecular complexity index is 1140. The SMILES string of the molecule is Cc1c(C2CC2)nc2c(c1NC(=O)N=S(N)(=O)c1cc(C(C)(C)O)cs1)CCC2C. The number of thiophene rings is 1. The normalized spacial score (nSPS) is 20.5. The van der Waals surface area contributed by atoms with E-state index < -0.39 is 21.5 Å². The molecule has 30 heavy (non-hydrogen) atoms. The number of carbonyl (C=O) groups is 1. The van der Waals surface area contributed by atoms with E-state index in [0.717, 1.165) is 65.2 Å². The first-order valence-corrected chi connectivity index (χ1v) is 12.6. The van der Waals surface area contributed by atoms with Crippen molar-refractivity contribution in [1.82, 2.24) is 4.98 Å². The van der Waals surface area contributed by atoms with E-state index in [1.165, 1.54) is 0 Å². The molecule has 0 saturated heterocycles. The van der Waals surface area contributed by atoms with Crippen molar-refractivity contribution in [3.05, 3.63) is 39.5 Å². The summed E-state index contributed by atoms with van der Waals surface area (Å²) in [6, 6.07) is 0.824. The summed E-state index contributed by atoms with van der Waals surface area (Å²) in [7, 11) is -3.42. The largest absolute Gasteiger partial charge is 0.386 e. The van der Waals surface area contributed by atoms with Crippen LogP contribution in [0.25, 0.3) is 0 Å². The molecule has 2 heterocycles. The summed E-state index contributed by atoms with van der Waals surface area (Å²) in [6.45, 7) is 7.40. The van der Waals surface area contributed by atoms with Crippen molar-refractivity contribution in [1.29, 1.82) is 0 Å². The number of fused-ring (bicyclic) bond motifs is 1. The third-order valence-corrected chi connectivity index (χ3v) is 8.75. The van der Waals surface area contributed by atoms with Crippen molar-refractivity contribution in [3.8, 4) is 0 Å². The van der Waals surface area contributed by atoms with E-state index in [0.29, 0.717) is 17.4 Å². The van der Waals surface area contributed by atoms with Gasteiger partial charge in [-0.3, -0.25) is 4.98 Å². The lowest BCUT2D eigenvalue weighted by Gasteiger charge is -2.17. The topological polar surface area (TPSA) is 118 Å². The lowest BCUT2D eigenvalue weighted by molar-refractivity contribution is 0.0789. The second kappa shape index (κ2) is 7.40. The lowest BCUT2D eigenvalue weighted by atomic mass is 10.0. The van der Waals surface area contributed by atoms with Crippen molar-refractivity contribution in [2.75, 3.05) is 5.32 Å². The first-order valence-electron chi connectivity index (χ1n) is 10.2. The predicted octanol–water partition coefficient (Wildman–Crippen LogP) is 4.54. The van der Waals surface area contributed by atoms with E-state index in [9.17, 15) is 14.1 Å². The molecule has 0 aromatic carbocycles. The molecule has 2 atom stereocenters. The molecule has 2 aromatic heterocycles. The van der Waals surface area contributed by atoms with Crippen LogP contribution in [0.3, 0.4) is 0 Å². The minimum atomic E-state index is -3.42. The van der Waals surface area contributed by atoms with Crippen LogP contribution in [0.1, 0.15) is 79.9 Å². The summed E-state index contributed by atoms with van der Waals surface area (Å²) in [5, 5.41) is 20.6. The first-order chi connectivity index (χ1) is 14.0. The zero-order valence-electron chi connectivity index (χ0n) is 17.7. The number of rotatable bonds is 4. The third kappa shape index (κ3) is 4.03. The molecule has 2 aliphatic rings. The van der Waals surface area contributed by atoms with Gasteiger partial charge in [0.1, 0.15) is 4.21 Å². The van der Waals surface area contributed by atoms with E-state index in [1.54, 1.807) is 25.3 Å². The predicted molar refractivity (Wildman–Crippen MR) is 119 cm³/mol. The van der Waals surface area contributed by atoms with Crippen LogP contribution < -0.4 is 10.5 Å². The number of carbonyl (C=O) groups excluding carboxylic acids is 1. The van der Waals surface area contributed by atoms with Gasteiger partial charge < -0.3 is 10.4 Å². The fraction of sp³-hybridized carbons (Fsp3) is 0.524. The minimum Gasteiger partial charge on any atom is -0.386 e. The van der Waals surface area contributed by atoms with Crippen molar-refractivity contribution >= 4 is 33.0 Å². The molecular weight excluding hydrogens is 420 g/mol. The van der Waals surface area contributed by atoms with Gasteiger partial charge in [-0.1, -0.05) is 6.92 Å². The maximum absolute atomic E-state index is 13.0. The molecule has 9 heteroatoms. The van der Waals surface area contributed by atoms with Crippen LogP contribution in [0, 0.1) is 6.92 Å². The number of aromatic nitrogens is 1. The van der Waals surface area contributed by atoms with Gasteiger partial charge in [0.2, 0.25) is 0 Å². The Labute approximate surface area is 181 Å². The number of amides is 2. The fourth-order valence-corrected chi connectivity index (χ4v) is 6.21. The Balaban J connectivity index is 1.67. The molecule has 4 N–H and O–H groups in total. The van der Waals surface area contributed by atoms with Crippen LogP contribution in [-0.4, -0.2) is 20.3 Å². The van der Waals surface area contributed by atoms with Crippen molar-refractivity contribution in [2.45, 2.75) is 75.0 Å². The van der Waals surface area contributed by atoms with E-state index >= 15 is 0 Å². The highest BCUT2D eigenvalue weighted by molar-refractivity contribution is 7.93. The highest BCUT2D eigenvalue weighted by Crippen LogP contribution is 2.46. The monoisotopic (exact) mass is 448 g/mol. The number of anilines is 1. The summed E-state index contributed by atoms with van der Waals surface area (Å²) in [6.07, 6.45) is 4.09. The number of hydrogen-bond acceptors (Lipinski definition) is 5. The van der Waals surface area contributed by atoms with Gasteiger partial charge in [-0.25, -0.2) is 14.1 Å². The number of nitrogens with one attached hydrogen (secondary N) is 1. The number of pyridine rings is 1. The average Bonchev–Trinajstić information content (AvgIpc) is 3.20. The van der Waals surface area contributed by atoms with Crippen LogP contribution >= 0.6 is 11.3 Å². The van der Waals surface area contributed by atoms with Crippen LogP contribution in [0.2, 0.25) is 0 Å². The number of nitrogens with two attached hydrogens (primary N) is 1. The van der Waals surface area contributed by atoms with Crippen LogP contribution in [0.5, 0.6) is 0 Å². The molecule has 0 spiro atoms. The molecule has 7 nitrogen and oxygen atoms in total. The summed E-state index contributed by atoms with van der Waals surface area (Å²) in [5.41, 5.74) is 4.38. The molecular formula is C21H28N4O3S2. The zero-order valence-corrected chi connectivity index (χ0v) is 19.3. The lowest BCUT2D eigenvalue weighted by Crippen LogP contribution is -2.19. The standard InChI is InChI=1S/C21H28N4O3S2/c1-11-5-8-15-17(11)23-18(13-6-7-13)12(2)19(15)24-20(26)25-30(22,28)16-9-14(10-29-16)21(3,4)27/h9-11,13,27H,5-8H2,1-4H3,(H3,22,23,24,25,26,28). The van der Waals surface area contributed by atoms with Gasteiger partial charge in [0, 0.05) is 17.3 Å². The molecule has 2 aliphatic carbocycles. The molecule has 1 fully saturated rings. The smallest absolute Gasteiger partial charge is 0.354 e. The van der Waals surface area contributed by atoms with Gasteiger partial charge in [0.05, 0.1) is 11.3 Å². The molecule has 2 amide bonds. The third-order valence-electron chi connectivity index (χ3n) is 5.89. The highest BCUT2D eigenvalue weighted by Gasteiger charge is 2.33. The number of aliphatic hydroxyl groups is 1. The Kier molecular flexibility index (Phi) is 5.29. The summed E-state index contributed by atoms with van der Waals surface area (Å²) in [5.74, 6) is 0.816. The molecule has 0 radical (unpaired) electrons. The number of nitrogens with zero attached hydrogens (tertiary/aromatic N) is 2. The maximum Gasteiger partial charge on any atom is 0.354 e. The molecule has 0 aliphatic heterocycles. The summed E-state index contributed by atoms with van der Waals surface area (Å²) in [4.78, 5) is 17.7. The Morgan fingerprint density at radius 2 is 2.07 bits per heavy atom. The Hall–Kier alpha value is -1.81. The van der Waals surface area contributed by atoms with E-state index in [1.807, 2.05) is 6.92 Å². The van der Waals surface area contributed by atoms with E-state index in [2.05, 4.69) is 16.6 Å². The summed E-state index contributed by atoms with van der Waals surface area (Å²) < 4.78 is 17.0. The van der Waals surface area contributed by atoms with E-state index in [4.69, 9.17) is 10.1 Å². The Morgan fingerprint density at radius 3 is 2.67 bits per heavy atom. The van der Waals surface area contributed by atoms with E-state index in [-0.39, 0.29) is 4.21 Å². The van der Waals surface area contributed by atoms with Gasteiger partial charge in [-0.2, -0.15) is 0 Å². The molecule has 2 aromatic rings. The number of urea groups is 1. The van der Waals surface area contributed by atoms with Gasteiger partial charge in [-0.15, -0.1) is 15.7 Å². The van der Waals surface area contributed by atoms with Crippen LogP contribution in [-0.2, 0) is 21.9 Å². The first kappa shape index (κ1) is 21.4. The number of hydrogen-bond donors (Lipinski definition) is 3. The quantitative estimate of drug-likeness (QED) is 0.636. The minimum absolute atomic E-state index is 0.263. The highest BCUT2D eigenvalue weighted by atomic mass is 32.2. The van der Waals surface area contributed by atoms with Crippen molar-refractivity contribution in [2.24, 2.45) is 9.50 Å². The molecule has 2 unspecified atom stereocenters. The van der Waals surface area contributed by atoms with Crippen LogP contribution in [0.4, 0.5) is 10.5 Å². The van der Waals surface area contributed by atoms with Gasteiger partial charge in [0.25, 0.3) is 0 Å². The van der Waals surface area contributed by atoms with Gasteiger partial charge >= 0.3 is 6.03 Å². The van der Waals surface area contributed by atoms with Gasteiger partial charge in [-0.05, 0) is 80.5 Å². The maximum atomic E-state index is 13.0. The summed E-state index contributed by atoms with van der Waals surface area (Å²) >= 11 is 1.13.